The van der Waals surface area contributed by atoms with Crippen LogP contribution in [0.2, 0.25) is 0 Å². The van der Waals surface area contributed by atoms with E-state index in [2.05, 4.69) is 29.1 Å². The third-order valence-electron chi connectivity index (χ3n) is 12.8. The molecule has 1 aromatic heterocycles. The first-order valence-electron chi connectivity index (χ1n) is 20.4. The Morgan fingerprint density at radius 1 is 1.04 bits per heavy atom. The van der Waals surface area contributed by atoms with Crippen molar-refractivity contribution in [1.82, 2.24) is 20.2 Å². The molecule has 0 radical (unpaired) electrons. The summed E-state index contributed by atoms with van der Waals surface area (Å²) in [5.41, 5.74) is -0.958. The molecule has 5 rings (SSSR count). The maximum Gasteiger partial charge on any atom is 0.408 e. The number of ether oxygens (including phenoxy) is 2. The number of likely N-dealkylation sites (tertiary alicyclic amines) is 1. The van der Waals surface area contributed by atoms with Crippen LogP contribution < -0.4 is 10.1 Å². The van der Waals surface area contributed by atoms with E-state index in [0.29, 0.717) is 38.0 Å². The Labute approximate surface area is 319 Å². The van der Waals surface area contributed by atoms with Crippen LogP contribution in [0.3, 0.4) is 0 Å². The van der Waals surface area contributed by atoms with Crippen molar-refractivity contribution >= 4 is 28.8 Å². The van der Waals surface area contributed by atoms with E-state index in [4.69, 9.17) is 9.47 Å². The van der Waals surface area contributed by atoms with Gasteiger partial charge in [-0.3, -0.25) is 9.59 Å². The number of ketones is 1. The molecule has 300 valence electrons. The van der Waals surface area contributed by atoms with Crippen LogP contribution in [0.4, 0.5) is 13.6 Å². The summed E-state index contributed by atoms with van der Waals surface area (Å²) in [7, 11) is 1.48. The third-order valence-corrected chi connectivity index (χ3v) is 12.8. The van der Waals surface area contributed by atoms with Gasteiger partial charge < -0.3 is 24.8 Å². The van der Waals surface area contributed by atoms with Gasteiger partial charge in [-0.15, -0.1) is 0 Å². The van der Waals surface area contributed by atoms with Crippen LogP contribution in [0.1, 0.15) is 143 Å². The SMILES string of the molecule is CC[C@@H]1CCN(C(=O)C(CCC2(C)CCCCC2)NC(=O)OC2(C)CCC[C@H]2CCCCC(F)(F)c2nc3ccc(OC)cc3nc2O)[C@@H]1C(=O)C(C)C. The van der Waals surface area contributed by atoms with E-state index < -0.39 is 47.7 Å². The summed E-state index contributed by atoms with van der Waals surface area (Å²) in [5.74, 6) is -3.99. The number of aromatic nitrogens is 2. The van der Waals surface area contributed by atoms with E-state index in [-0.39, 0.29) is 52.3 Å². The van der Waals surface area contributed by atoms with Gasteiger partial charge in [0.2, 0.25) is 11.8 Å². The van der Waals surface area contributed by atoms with Crippen LogP contribution in [-0.4, -0.2) is 69.1 Å². The number of methoxy groups -OCH3 is 1. The molecule has 2 aliphatic carbocycles. The Morgan fingerprint density at radius 3 is 2.46 bits per heavy atom. The molecule has 54 heavy (non-hydrogen) atoms. The highest BCUT2D eigenvalue weighted by Gasteiger charge is 2.46. The predicted molar refractivity (Wildman–Crippen MR) is 203 cm³/mol. The number of hydrogen-bond acceptors (Lipinski definition) is 8. The zero-order chi connectivity index (χ0) is 39.3. The van der Waals surface area contributed by atoms with Crippen molar-refractivity contribution in [3.8, 4) is 11.6 Å². The van der Waals surface area contributed by atoms with Gasteiger partial charge in [0.15, 0.2) is 11.5 Å². The maximum absolute atomic E-state index is 15.4. The lowest BCUT2D eigenvalue weighted by Gasteiger charge is -2.37. The lowest BCUT2D eigenvalue weighted by molar-refractivity contribution is -0.141. The molecule has 12 heteroatoms. The topological polar surface area (TPSA) is 131 Å². The molecular weight excluding hydrogens is 694 g/mol. The Hall–Kier alpha value is -3.57. The minimum absolute atomic E-state index is 0.0343. The molecule has 0 bridgehead atoms. The molecular formula is C42H62F2N4O6. The van der Waals surface area contributed by atoms with E-state index in [9.17, 15) is 19.5 Å². The first-order valence-corrected chi connectivity index (χ1v) is 20.4. The molecule has 1 saturated heterocycles. The van der Waals surface area contributed by atoms with Gasteiger partial charge in [-0.2, -0.15) is 8.78 Å². The van der Waals surface area contributed by atoms with Crippen molar-refractivity contribution in [3.05, 3.63) is 23.9 Å². The minimum Gasteiger partial charge on any atom is -0.497 e. The fraction of sp³-hybridized carbons (Fsp3) is 0.738. The average Bonchev–Trinajstić information content (AvgIpc) is 3.73. The zero-order valence-corrected chi connectivity index (χ0v) is 33.2. The molecule has 3 fully saturated rings. The highest BCUT2D eigenvalue weighted by atomic mass is 19.3. The average molecular weight is 757 g/mol. The van der Waals surface area contributed by atoms with E-state index in [0.717, 1.165) is 57.8 Å². The fourth-order valence-electron chi connectivity index (χ4n) is 9.29. The van der Waals surface area contributed by atoms with Crippen molar-refractivity contribution in [1.29, 1.82) is 0 Å². The van der Waals surface area contributed by atoms with Crippen molar-refractivity contribution in [2.45, 2.75) is 161 Å². The van der Waals surface area contributed by atoms with Gasteiger partial charge in [-0.05, 0) is 101 Å². The number of halogens is 2. The highest BCUT2D eigenvalue weighted by molar-refractivity contribution is 5.93. The minimum atomic E-state index is -3.39. The number of carbonyl (C=O) groups is 3. The van der Waals surface area contributed by atoms with Gasteiger partial charge in [0, 0.05) is 24.9 Å². The molecule has 1 aromatic carbocycles. The first-order chi connectivity index (χ1) is 25.6. The zero-order valence-electron chi connectivity index (χ0n) is 33.2. The van der Waals surface area contributed by atoms with Crippen LogP contribution >= 0.6 is 0 Å². The van der Waals surface area contributed by atoms with Crippen LogP contribution in [0, 0.1) is 23.2 Å². The smallest absolute Gasteiger partial charge is 0.408 e. The second kappa shape index (κ2) is 17.5. The number of amides is 2. The third kappa shape index (κ3) is 9.62. The molecule has 2 N–H and O–H groups in total. The molecule has 3 aliphatic rings. The number of nitrogens with zero attached hydrogens (tertiary/aromatic N) is 3. The van der Waals surface area contributed by atoms with Crippen LogP contribution in [-0.2, 0) is 20.2 Å². The molecule has 10 nitrogen and oxygen atoms in total. The number of fused-ring (bicyclic) bond motifs is 1. The molecule has 2 heterocycles. The summed E-state index contributed by atoms with van der Waals surface area (Å²) >= 11 is 0. The molecule has 2 saturated carbocycles. The lowest BCUT2D eigenvalue weighted by Crippen LogP contribution is -2.54. The number of aromatic hydroxyl groups is 1. The van der Waals surface area contributed by atoms with Crippen LogP contribution in [0.15, 0.2) is 18.2 Å². The second-order valence-corrected chi connectivity index (χ2v) is 17.1. The van der Waals surface area contributed by atoms with Gasteiger partial charge in [-0.1, -0.05) is 59.8 Å². The van der Waals surface area contributed by atoms with Gasteiger partial charge in [0.25, 0.3) is 5.92 Å². The van der Waals surface area contributed by atoms with E-state index in [1.54, 1.807) is 11.0 Å². The van der Waals surface area contributed by atoms with E-state index in [1.165, 1.54) is 25.7 Å². The molecule has 0 spiro atoms. The van der Waals surface area contributed by atoms with Gasteiger partial charge in [0.1, 0.15) is 17.4 Å². The number of Topliss-reactive ketones (excluding diaryl/α,β-unsaturated/α-hetero) is 1. The number of carbonyl (C=O) groups excluding carboxylic acids is 3. The fourth-order valence-corrected chi connectivity index (χ4v) is 9.29. The van der Waals surface area contributed by atoms with Crippen molar-refractivity contribution < 1.29 is 37.7 Å². The molecule has 5 atom stereocenters. The summed E-state index contributed by atoms with van der Waals surface area (Å²) in [6.07, 6.45) is 10.9. The lowest BCUT2D eigenvalue weighted by atomic mass is 9.72. The summed E-state index contributed by atoms with van der Waals surface area (Å²) < 4.78 is 42.0. The standard InChI is InChI=1S/C42H62F2N4O6/c1-7-28-19-25-48(34(28)35(49)27(2)3)38(51)32(18-24-40(4)20-10-8-11-21-40)47-39(52)54-41(5)22-13-15-29(41)14-9-12-23-42(43,44)36-37(50)46-33-26-30(53-6)16-17-31(33)45-36/h16-17,26-29,32,34H,7-15,18-25H2,1-6H3,(H,46,50)(H,47,52)/t28-,29-,32?,34+,41?/m1/s1. The maximum atomic E-state index is 15.4. The Balaban J connectivity index is 1.21. The number of benzene rings is 1. The number of hydrogen-bond donors (Lipinski definition) is 2. The highest BCUT2D eigenvalue weighted by Crippen LogP contribution is 2.44. The van der Waals surface area contributed by atoms with E-state index in [1.807, 2.05) is 20.8 Å². The van der Waals surface area contributed by atoms with Crippen molar-refractivity contribution in [3.63, 3.8) is 0 Å². The van der Waals surface area contributed by atoms with Gasteiger partial charge in [-0.25, -0.2) is 14.8 Å². The Bertz CT molecular complexity index is 1630. The Morgan fingerprint density at radius 2 is 1.78 bits per heavy atom. The number of alkyl halides is 2. The molecule has 2 unspecified atom stereocenters. The number of unbranched alkanes of at least 4 members (excludes halogenated alkanes) is 1. The largest absolute Gasteiger partial charge is 0.497 e. The second-order valence-electron chi connectivity index (χ2n) is 17.1. The van der Waals surface area contributed by atoms with Crippen molar-refractivity contribution in [2.75, 3.05) is 13.7 Å². The number of nitrogens with one attached hydrogen (secondary N) is 1. The predicted octanol–water partition coefficient (Wildman–Crippen LogP) is 9.25. The van der Waals surface area contributed by atoms with Crippen LogP contribution in [0.5, 0.6) is 11.6 Å². The normalized spacial score (nSPS) is 24.8. The summed E-state index contributed by atoms with van der Waals surface area (Å²) in [6, 6.07) is 3.37. The summed E-state index contributed by atoms with van der Waals surface area (Å²) in [4.78, 5) is 51.1. The summed E-state index contributed by atoms with van der Waals surface area (Å²) in [6.45, 7) is 10.5. The number of rotatable bonds is 16. The quantitative estimate of drug-likeness (QED) is 0.162. The van der Waals surface area contributed by atoms with Crippen LogP contribution in [0.25, 0.3) is 11.0 Å². The molecule has 2 amide bonds. The van der Waals surface area contributed by atoms with Gasteiger partial charge >= 0.3 is 6.09 Å². The monoisotopic (exact) mass is 756 g/mol. The van der Waals surface area contributed by atoms with E-state index >= 15 is 8.78 Å². The Kier molecular flexibility index (Phi) is 13.5. The van der Waals surface area contributed by atoms with Crippen molar-refractivity contribution in [2.24, 2.45) is 23.2 Å². The first kappa shape index (κ1) is 41.6. The van der Waals surface area contributed by atoms with Gasteiger partial charge in [0.05, 0.1) is 24.2 Å². The number of alkyl carbamates (subject to hydrolysis) is 1. The molecule has 1 aliphatic heterocycles. The molecule has 2 aromatic rings. The summed E-state index contributed by atoms with van der Waals surface area (Å²) in [5, 5.41) is 13.3.